The Balaban J connectivity index is 3.90. The molecular weight excluding hydrogens is 208 g/mol. The molecule has 0 N–H and O–H groups in total. The maximum absolute atomic E-state index is 11.0. The van der Waals surface area contributed by atoms with Crippen LogP contribution in [0.25, 0.3) is 0 Å². The van der Waals surface area contributed by atoms with Crippen LogP contribution in [0, 0.1) is 0 Å². The Hall–Kier alpha value is -0.620. The summed E-state index contributed by atoms with van der Waals surface area (Å²) in [5, 5.41) is 0. The topological polar surface area (TPSA) is 69.7 Å². The lowest BCUT2D eigenvalue weighted by atomic mass is 10.5. The molecule has 0 unspecified atom stereocenters. The Morgan fingerprint density at radius 3 is 2.21 bits per heavy atom. The Labute approximate surface area is 84.5 Å². The van der Waals surface area contributed by atoms with E-state index in [4.69, 9.17) is 0 Å². The standard InChI is InChI=1S/C8H16O5S/c1-3-5-12-8(9)7-14(10,11)13-6-4-2/h3-7H2,1-2H3. The number of ether oxygens (including phenoxy) is 1. The summed E-state index contributed by atoms with van der Waals surface area (Å²) in [4.78, 5) is 10.9. The summed E-state index contributed by atoms with van der Waals surface area (Å²) < 4.78 is 31.2. The summed E-state index contributed by atoms with van der Waals surface area (Å²) in [6.45, 7) is 3.95. The fourth-order valence-corrected chi connectivity index (χ4v) is 1.53. The van der Waals surface area contributed by atoms with Crippen molar-refractivity contribution in [3.05, 3.63) is 0 Å². The summed E-state index contributed by atoms with van der Waals surface area (Å²) in [5.74, 6) is -1.46. The van der Waals surface area contributed by atoms with Gasteiger partial charge < -0.3 is 4.74 Å². The average Bonchev–Trinajstić information content (AvgIpc) is 2.11. The third kappa shape index (κ3) is 6.85. The van der Waals surface area contributed by atoms with Gasteiger partial charge in [0.25, 0.3) is 10.1 Å². The van der Waals surface area contributed by atoms with Gasteiger partial charge in [-0.2, -0.15) is 8.42 Å². The first kappa shape index (κ1) is 13.4. The molecule has 5 nitrogen and oxygen atoms in total. The van der Waals surface area contributed by atoms with Crippen molar-refractivity contribution in [1.29, 1.82) is 0 Å². The Bertz CT molecular complexity index is 257. The number of carbonyl (C=O) groups excluding carboxylic acids is 1. The third-order valence-electron chi connectivity index (χ3n) is 1.23. The smallest absolute Gasteiger partial charge is 0.323 e. The van der Waals surface area contributed by atoms with E-state index < -0.39 is 21.8 Å². The van der Waals surface area contributed by atoms with Crippen LogP contribution in [0.4, 0.5) is 0 Å². The van der Waals surface area contributed by atoms with E-state index >= 15 is 0 Å². The van der Waals surface area contributed by atoms with Crippen LogP contribution in [0.5, 0.6) is 0 Å². The number of hydrogen-bond donors (Lipinski definition) is 0. The minimum atomic E-state index is -3.75. The van der Waals surface area contributed by atoms with Gasteiger partial charge in [-0.25, -0.2) is 0 Å². The molecule has 84 valence electrons. The van der Waals surface area contributed by atoms with Crippen LogP contribution in [0.3, 0.4) is 0 Å². The average molecular weight is 224 g/mol. The van der Waals surface area contributed by atoms with Crippen molar-refractivity contribution >= 4 is 16.1 Å². The lowest BCUT2D eigenvalue weighted by Crippen LogP contribution is -2.21. The molecule has 0 bridgehead atoms. The molecule has 0 atom stereocenters. The predicted octanol–water partition coefficient (Wildman–Crippen LogP) is 0.696. The highest BCUT2D eigenvalue weighted by molar-refractivity contribution is 7.87. The van der Waals surface area contributed by atoms with Gasteiger partial charge in [0.15, 0.2) is 5.75 Å². The first-order chi connectivity index (χ1) is 6.52. The summed E-state index contributed by atoms with van der Waals surface area (Å²) in [6.07, 6.45) is 1.25. The molecule has 0 aromatic rings. The van der Waals surface area contributed by atoms with Gasteiger partial charge in [0.05, 0.1) is 13.2 Å². The molecule has 14 heavy (non-hydrogen) atoms. The van der Waals surface area contributed by atoms with E-state index in [0.717, 1.165) is 0 Å². The van der Waals surface area contributed by atoms with Crippen LogP contribution in [0.15, 0.2) is 0 Å². The first-order valence-electron chi connectivity index (χ1n) is 4.54. The van der Waals surface area contributed by atoms with Gasteiger partial charge in [0, 0.05) is 0 Å². The molecule has 0 aliphatic rings. The monoisotopic (exact) mass is 224 g/mol. The van der Waals surface area contributed by atoms with Crippen molar-refractivity contribution < 1.29 is 22.1 Å². The zero-order chi connectivity index (χ0) is 11.0. The zero-order valence-corrected chi connectivity index (χ0v) is 9.30. The quantitative estimate of drug-likeness (QED) is 0.470. The Kier molecular flexibility index (Phi) is 6.48. The fourth-order valence-electron chi connectivity index (χ4n) is 0.654. The summed E-state index contributed by atoms with van der Waals surface area (Å²) in [7, 11) is -3.75. The Morgan fingerprint density at radius 2 is 1.71 bits per heavy atom. The van der Waals surface area contributed by atoms with E-state index in [-0.39, 0.29) is 13.2 Å². The molecule has 0 heterocycles. The lowest BCUT2D eigenvalue weighted by Gasteiger charge is -2.04. The predicted molar refractivity (Wildman–Crippen MR) is 51.3 cm³/mol. The van der Waals surface area contributed by atoms with Crippen molar-refractivity contribution in [2.24, 2.45) is 0 Å². The molecule has 0 radical (unpaired) electrons. The molecule has 0 aromatic heterocycles. The van der Waals surface area contributed by atoms with Crippen molar-refractivity contribution in [1.82, 2.24) is 0 Å². The SMILES string of the molecule is CCCOC(=O)CS(=O)(=O)OCCC. The molecule has 0 aliphatic heterocycles. The van der Waals surface area contributed by atoms with Crippen molar-refractivity contribution in [2.45, 2.75) is 26.7 Å². The van der Waals surface area contributed by atoms with E-state index in [2.05, 4.69) is 8.92 Å². The van der Waals surface area contributed by atoms with Crippen molar-refractivity contribution in [3.8, 4) is 0 Å². The highest BCUT2D eigenvalue weighted by atomic mass is 32.2. The third-order valence-corrected chi connectivity index (χ3v) is 2.34. The summed E-state index contributed by atoms with van der Waals surface area (Å²) in [6, 6.07) is 0. The molecule has 0 rings (SSSR count). The van der Waals surface area contributed by atoms with Gasteiger partial charge >= 0.3 is 5.97 Å². The summed E-state index contributed by atoms with van der Waals surface area (Å²) >= 11 is 0. The molecule has 0 spiro atoms. The summed E-state index contributed by atoms with van der Waals surface area (Å²) in [5.41, 5.74) is 0. The highest BCUT2D eigenvalue weighted by Crippen LogP contribution is 1.96. The van der Waals surface area contributed by atoms with Gasteiger partial charge in [0.2, 0.25) is 0 Å². The van der Waals surface area contributed by atoms with Crippen molar-refractivity contribution in [3.63, 3.8) is 0 Å². The molecule has 0 saturated heterocycles. The molecule has 0 saturated carbocycles. The second kappa shape index (κ2) is 6.78. The minimum Gasteiger partial charge on any atom is -0.465 e. The van der Waals surface area contributed by atoms with E-state index in [1.54, 1.807) is 6.92 Å². The molecule has 0 aromatic carbocycles. The molecule has 0 fully saturated rings. The van der Waals surface area contributed by atoms with Gasteiger partial charge in [-0.1, -0.05) is 13.8 Å². The van der Waals surface area contributed by atoms with Crippen LogP contribution in [0.1, 0.15) is 26.7 Å². The van der Waals surface area contributed by atoms with E-state index in [0.29, 0.717) is 12.8 Å². The number of hydrogen-bond acceptors (Lipinski definition) is 5. The minimum absolute atomic E-state index is 0.101. The Morgan fingerprint density at radius 1 is 1.14 bits per heavy atom. The lowest BCUT2D eigenvalue weighted by molar-refractivity contribution is -0.140. The van der Waals surface area contributed by atoms with Crippen LogP contribution >= 0.6 is 0 Å². The zero-order valence-electron chi connectivity index (χ0n) is 8.49. The van der Waals surface area contributed by atoms with Crippen LogP contribution in [-0.2, 0) is 23.8 Å². The van der Waals surface area contributed by atoms with Crippen LogP contribution < -0.4 is 0 Å². The van der Waals surface area contributed by atoms with E-state index in [1.165, 1.54) is 0 Å². The molecular formula is C8H16O5S. The largest absolute Gasteiger partial charge is 0.465 e. The number of esters is 1. The van der Waals surface area contributed by atoms with Gasteiger partial charge in [-0.15, -0.1) is 0 Å². The van der Waals surface area contributed by atoms with Gasteiger partial charge in [-0.05, 0) is 12.8 Å². The maximum Gasteiger partial charge on any atom is 0.323 e. The van der Waals surface area contributed by atoms with Crippen molar-refractivity contribution in [2.75, 3.05) is 19.0 Å². The number of carbonyl (C=O) groups is 1. The first-order valence-corrected chi connectivity index (χ1v) is 6.12. The van der Waals surface area contributed by atoms with Crippen LogP contribution in [0.2, 0.25) is 0 Å². The number of rotatable bonds is 7. The maximum atomic E-state index is 11.0. The van der Waals surface area contributed by atoms with Crippen LogP contribution in [-0.4, -0.2) is 33.4 Å². The molecule has 0 aliphatic carbocycles. The molecule has 6 heteroatoms. The second-order valence-corrected chi connectivity index (χ2v) is 4.38. The highest BCUT2D eigenvalue weighted by Gasteiger charge is 2.17. The fraction of sp³-hybridized carbons (Fsp3) is 0.875. The second-order valence-electron chi connectivity index (χ2n) is 2.74. The van der Waals surface area contributed by atoms with E-state index in [9.17, 15) is 13.2 Å². The van der Waals surface area contributed by atoms with E-state index in [1.807, 2.05) is 6.92 Å². The van der Waals surface area contributed by atoms with Gasteiger partial charge in [0.1, 0.15) is 0 Å². The van der Waals surface area contributed by atoms with Gasteiger partial charge in [-0.3, -0.25) is 8.98 Å². The normalized spacial score (nSPS) is 11.3. The molecule has 0 amide bonds.